The van der Waals surface area contributed by atoms with Crippen LogP contribution in [0.5, 0.6) is 0 Å². The molecule has 1 aliphatic rings. The molecule has 26 heavy (non-hydrogen) atoms. The maximum atomic E-state index is 12.7. The average molecular weight is 356 g/mol. The molecule has 1 N–H and O–H groups in total. The summed E-state index contributed by atoms with van der Waals surface area (Å²) in [4.78, 5) is 34.6. The van der Waals surface area contributed by atoms with Gasteiger partial charge in [0.05, 0.1) is 18.3 Å². The molecule has 2 aromatic heterocycles. The molecule has 0 spiro atoms. The van der Waals surface area contributed by atoms with Crippen LogP contribution in [0.15, 0.2) is 24.5 Å². The van der Waals surface area contributed by atoms with Crippen LogP contribution in [-0.4, -0.2) is 43.0 Å². The number of carbonyl (C=O) groups excluding carboxylic acids is 2. The van der Waals surface area contributed by atoms with Crippen molar-refractivity contribution in [2.24, 2.45) is 7.05 Å². The lowest BCUT2D eigenvalue weighted by molar-refractivity contribution is -0.132. The lowest BCUT2D eigenvalue weighted by Gasteiger charge is -2.24. The van der Waals surface area contributed by atoms with Crippen LogP contribution in [0.1, 0.15) is 49.4 Å². The molecule has 1 aliphatic heterocycles. The van der Waals surface area contributed by atoms with Gasteiger partial charge in [-0.2, -0.15) is 5.10 Å². The zero-order chi connectivity index (χ0) is 18.5. The standard InChI is InChI=1S/C18H24N6O2/c1-13(25)20-12-14-7-9-19-18(22-14)16-4-3-11-24(16)17(26)6-5-15-8-10-21-23(15)2/h7-10,16H,3-6,11-12H2,1-2H3,(H,20,25)/t16-/m1/s1. The molecule has 0 radical (unpaired) electrons. The summed E-state index contributed by atoms with van der Waals surface area (Å²) in [5, 5.41) is 6.87. The number of likely N-dealkylation sites (tertiary alicyclic amines) is 1. The van der Waals surface area contributed by atoms with Gasteiger partial charge in [-0.25, -0.2) is 9.97 Å². The zero-order valence-electron chi connectivity index (χ0n) is 15.2. The summed E-state index contributed by atoms with van der Waals surface area (Å²) < 4.78 is 1.79. The normalized spacial score (nSPS) is 16.7. The highest BCUT2D eigenvalue weighted by molar-refractivity contribution is 5.77. The largest absolute Gasteiger partial charge is 0.351 e. The Bertz CT molecular complexity index is 787. The van der Waals surface area contributed by atoms with E-state index in [1.165, 1.54) is 6.92 Å². The molecule has 2 amide bonds. The van der Waals surface area contributed by atoms with Crippen LogP contribution in [0.2, 0.25) is 0 Å². The first-order chi connectivity index (χ1) is 12.5. The van der Waals surface area contributed by atoms with Gasteiger partial charge in [-0.05, 0) is 31.4 Å². The molecule has 138 valence electrons. The number of hydrogen-bond donors (Lipinski definition) is 1. The van der Waals surface area contributed by atoms with Crippen molar-refractivity contribution >= 4 is 11.8 Å². The number of nitrogens with zero attached hydrogens (tertiary/aromatic N) is 5. The Morgan fingerprint density at radius 1 is 1.31 bits per heavy atom. The maximum Gasteiger partial charge on any atom is 0.223 e. The predicted molar refractivity (Wildman–Crippen MR) is 94.8 cm³/mol. The number of carbonyl (C=O) groups is 2. The molecule has 0 saturated carbocycles. The van der Waals surface area contributed by atoms with Crippen molar-refractivity contribution in [1.82, 2.24) is 30.0 Å². The Balaban J connectivity index is 1.65. The third kappa shape index (κ3) is 4.25. The molecule has 0 aliphatic carbocycles. The van der Waals surface area contributed by atoms with Gasteiger partial charge in [0.1, 0.15) is 0 Å². The Hall–Kier alpha value is -2.77. The lowest BCUT2D eigenvalue weighted by atomic mass is 10.1. The fourth-order valence-corrected chi connectivity index (χ4v) is 3.25. The van der Waals surface area contributed by atoms with Crippen molar-refractivity contribution in [3.63, 3.8) is 0 Å². The number of amides is 2. The van der Waals surface area contributed by atoms with E-state index in [1.54, 1.807) is 23.1 Å². The first kappa shape index (κ1) is 18.0. The van der Waals surface area contributed by atoms with Crippen molar-refractivity contribution in [3.8, 4) is 0 Å². The first-order valence-electron chi connectivity index (χ1n) is 8.87. The molecular formula is C18H24N6O2. The fourth-order valence-electron chi connectivity index (χ4n) is 3.25. The van der Waals surface area contributed by atoms with Gasteiger partial charge >= 0.3 is 0 Å². The van der Waals surface area contributed by atoms with Crippen molar-refractivity contribution < 1.29 is 9.59 Å². The number of nitrogens with one attached hydrogen (secondary N) is 1. The third-order valence-electron chi connectivity index (χ3n) is 4.64. The SMILES string of the molecule is CC(=O)NCc1ccnc([C@H]2CCCN2C(=O)CCc2ccnn2C)n1. The molecule has 2 aromatic rings. The van der Waals surface area contributed by atoms with E-state index in [4.69, 9.17) is 0 Å². The van der Waals surface area contributed by atoms with E-state index in [0.717, 1.165) is 30.8 Å². The number of aryl methyl sites for hydroxylation is 2. The molecule has 3 rings (SSSR count). The summed E-state index contributed by atoms with van der Waals surface area (Å²) in [7, 11) is 1.88. The van der Waals surface area contributed by atoms with Crippen molar-refractivity contribution in [1.29, 1.82) is 0 Å². The molecule has 1 saturated heterocycles. The van der Waals surface area contributed by atoms with Crippen LogP contribution in [-0.2, 0) is 29.6 Å². The van der Waals surface area contributed by atoms with E-state index in [1.807, 2.05) is 18.0 Å². The highest BCUT2D eigenvalue weighted by atomic mass is 16.2. The number of aromatic nitrogens is 4. The molecule has 0 bridgehead atoms. The third-order valence-corrected chi connectivity index (χ3v) is 4.64. The monoisotopic (exact) mass is 356 g/mol. The predicted octanol–water partition coefficient (Wildman–Crippen LogP) is 1.14. The minimum absolute atomic E-state index is 0.0914. The van der Waals surface area contributed by atoms with Crippen LogP contribution >= 0.6 is 0 Å². The van der Waals surface area contributed by atoms with Gasteiger partial charge in [0.25, 0.3) is 0 Å². The van der Waals surface area contributed by atoms with Gasteiger partial charge in [0.15, 0.2) is 5.82 Å². The Morgan fingerprint density at radius 2 is 2.15 bits per heavy atom. The maximum absolute atomic E-state index is 12.7. The zero-order valence-corrected chi connectivity index (χ0v) is 15.2. The van der Waals surface area contributed by atoms with E-state index < -0.39 is 0 Å². The second kappa shape index (κ2) is 8.07. The minimum Gasteiger partial charge on any atom is -0.351 e. The Morgan fingerprint density at radius 3 is 2.88 bits per heavy atom. The topological polar surface area (TPSA) is 93.0 Å². The van der Waals surface area contributed by atoms with Crippen LogP contribution in [0, 0.1) is 0 Å². The van der Waals surface area contributed by atoms with E-state index in [0.29, 0.717) is 25.2 Å². The molecule has 0 unspecified atom stereocenters. The minimum atomic E-state index is -0.0991. The van der Waals surface area contributed by atoms with E-state index in [9.17, 15) is 9.59 Å². The highest BCUT2D eigenvalue weighted by Gasteiger charge is 2.31. The van der Waals surface area contributed by atoms with E-state index in [-0.39, 0.29) is 17.9 Å². The first-order valence-corrected chi connectivity index (χ1v) is 8.87. The van der Waals surface area contributed by atoms with Crippen molar-refractivity contribution in [2.75, 3.05) is 6.54 Å². The van der Waals surface area contributed by atoms with Gasteiger partial charge < -0.3 is 10.2 Å². The second-order valence-electron chi connectivity index (χ2n) is 6.51. The lowest BCUT2D eigenvalue weighted by Crippen LogP contribution is -2.32. The van der Waals surface area contributed by atoms with Gasteiger partial charge in [-0.3, -0.25) is 14.3 Å². The van der Waals surface area contributed by atoms with Gasteiger partial charge in [-0.15, -0.1) is 0 Å². The Labute approximate surface area is 152 Å². The van der Waals surface area contributed by atoms with E-state index >= 15 is 0 Å². The van der Waals surface area contributed by atoms with Gasteiger partial charge in [0, 0.05) is 45.0 Å². The smallest absolute Gasteiger partial charge is 0.223 e. The highest BCUT2D eigenvalue weighted by Crippen LogP contribution is 2.30. The summed E-state index contributed by atoms with van der Waals surface area (Å²) in [6.45, 7) is 2.57. The molecule has 1 fully saturated rings. The van der Waals surface area contributed by atoms with Gasteiger partial charge in [-0.1, -0.05) is 0 Å². The summed E-state index contributed by atoms with van der Waals surface area (Å²) in [5.74, 6) is 0.668. The summed E-state index contributed by atoms with van der Waals surface area (Å²) in [5.41, 5.74) is 1.79. The van der Waals surface area contributed by atoms with Crippen LogP contribution in [0.3, 0.4) is 0 Å². The molecule has 1 atom stereocenters. The van der Waals surface area contributed by atoms with Crippen molar-refractivity contribution in [3.05, 3.63) is 41.7 Å². The molecule has 3 heterocycles. The molecule has 0 aromatic carbocycles. The van der Waals surface area contributed by atoms with Crippen LogP contribution in [0.25, 0.3) is 0 Å². The summed E-state index contributed by atoms with van der Waals surface area (Å²) in [6, 6.07) is 3.62. The van der Waals surface area contributed by atoms with E-state index in [2.05, 4.69) is 20.4 Å². The number of hydrogen-bond acceptors (Lipinski definition) is 5. The average Bonchev–Trinajstić information content (AvgIpc) is 3.27. The molecular weight excluding hydrogens is 332 g/mol. The van der Waals surface area contributed by atoms with Crippen LogP contribution < -0.4 is 5.32 Å². The summed E-state index contributed by atoms with van der Waals surface area (Å²) >= 11 is 0. The molecule has 8 heteroatoms. The quantitative estimate of drug-likeness (QED) is 0.838. The van der Waals surface area contributed by atoms with Gasteiger partial charge in [0.2, 0.25) is 11.8 Å². The Kier molecular flexibility index (Phi) is 5.60. The number of rotatable bonds is 6. The fraction of sp³-hybridized carbons (Fsp3) is 0.500. The molecule has 8 nitrogen and oxygen atoms in total. The van der Waals surface area contributed by atoms with Crippen molar-refractivity contribution in [2.45, 2.75) is 45.2 Å². The summed E-state index contributed by atoms with van der Waals surface area (Å²) in [6.07, 6.45) is 6.36. The second-order valence-corrected chi connectivity index (χ2v) is 6.51. The van der Waals surface area contributed by atoms with Crippen LogP contribution in [0.4, 0.5) is 0 Å².